The van der Waals surface area contributed by atoms with Gasteiger partial charge in [-0.15, -0.1) is 0 Å². The summed E-state index contributed by atoms with van der Waals surface area (Å²) in [5, 5.41) is 5.88. The van der Waals surface area contributed by atoms with Gasteiger partial charge >= 0.3 is 0 Å². The van der Waals surface area contributed by atoms with Crippen LogP contribution in [0.3, 0.4) is 0 Å². The Hall–Kier alpha value is -2.58. The molecule has 0 aliphatic rings. The third kappa shape index (κ3) is 1.98. The third-order valence-corrected chi connectivity index (χ3v) is 3.61. The number of nitrogens with one attached hydrogen (secondary N) is 2. The van der Waals surface area contributed by atoms with Gasteiger partial charge in [0.25, 0.3) is 11.2 Å². The Morgan fingerprint density at radius 2 is 1.95 bits per heavy atom. The van der Waals surface area contributed by atoms with E-state index in [1.807, 2.05) is 42.5 Å². The lowest BCUT2D eigenvalue weighted by Crippen LogP contribution is -1.96. The SMILES string of the molecule is [C-]#[N+]c1c(Nc2cccc3ccccc23)s[nH]c1=O. The first-order chi connectivity index (χ1) is 9.29. The van der Waals surface area contributed by atoms with Gasteiger partial charge in [0.15, 0.2) is 0 Å². The van der Waals surface area contributed by atoms with Crippen molar-refractivity contribution in [3.05, 3.63) is 64.2 Å². The number of aromatic amines is 1. The molecule has 4 nitrogen and oxygen atoms in total. The Morgan fingerprint density at radius 3 is 2.79 bits per heavy atom. The molecule has 3 aromatic rings. The highest BCUT2D eigenvalue weighted by Crippen LogP contribution is 2.31. The number of hydrogen-bond donors (Lipinski definition) is 2. The zero-order valence-corrected chi connectivity index (χ0v) is 10.6. The molecule has 0 aliphatic carbocycles. The number of fused-ring (bicyclic) bond motifs is 1. The fourth-order valence-corrected chi connectivity index (χ4v) is 2.63. The molecule has 0 radical (unpaired) electrons. The summed E-state index contributed by atoms with van der Waals surface area (Å²) in [6.45, 7) is 7.04. The van der Waals surface area contributed by atoms with E-state index >= 15 is 0 Å². The first kappa shape index (κ1) is 11.5. The Morgan fingerprint density at radius 1 is 1.16 bits per heavy atom. The number of benzene rings is 2. The first-order valence-electron chi connectivity index (χ1n) is 5.63. The molecule has 0 unspecified atom stereocenters. The van der Waals surface area contributed by atoms with E-state index in [2.05, 4.69) is 14.5 Å². The van der Waals surface area contributed by atoms with E-state index in [1.165, 1.54) is 0 Å². The van der Waals surface area contributed by atoms with Crippen LogP contribution < -0.4 is 10.9 Å². The topological polar surface area (TPSA) is 49.2 Å². The Kier molecular flexibility index (Phi) is 2.78. The predicted molar refractivity (Wildman–Crippen MR) is 78.4 cm³/mol. The van der Waals surface area contributed by atoms with Crippen LogP contribution in [-0.2, 0) is 0 Å². The molecular weight excluding hydrogens is 258 g/mol. The molecule has 0 saturated heterocycles. The summed E-state index contributed by atoms with van der Waals surface area (Å²) in [5.74, 6) is 0. The average molecular weight is 267 g/mol. The van der Waals surface area contributed by atoms with Crippen LogP contribution in [0.5, 0.6) is 0 Å². The highest BCUT2D eigenvalue weighted by Gasteiger charge is 2.11. The molecule has 5 heteroatoms. The quantitative estimate of drug-likeness (QED) is 0.692. The molecule has 0 saturated carbocycles. The maximum atomic E-state index is 11.4. The molecule has 19 heavy (non-hydrogen) atoms. The molecule has 1 aromatic heterocycles. The molecule has 0 bridgehead atoms. The first-order valence-corrected chi connectivity index (χ1v) is 6.45. The van der Waals surface area contributed by atoms with Crippen molar-refractivity contribution in [1.82, 2.24) is 4.37 Å². The summed E-state index contributed by atoms with van der Waals surface area (Å²) in [6.07, 6.45) is 0. The van der Waals surface area contributed by atoms with E-state index in [4.69, 9.17) is 6.57 Å². The van der Waals surface area contributed by atoms with Gasteiger partial charge in [-0.1, -0.05) is 47.9 Å². The summed E-state index contributed by atoms with van der Waals surface area (Å²) in [5.41, 5.74) is 0.652. The van der Waals surface area contributed by atoms with Crippen molar-refractivity contribution in [2.24, 2.45) is 0 Å². The van der Waals surface area contributed by atoms with Gasteiger partial charge in [-0.25, -0.2) is 4.85 Å². The van der Waals surface area contributed by atoms with Gasteiger partial charge in [-0.2, -0.15) is 0 Å². The van der Waals surface area contributed by atoms with Crippen LogP contribution in [0.25, 0.3) is 15.6 Å². The zero-order valence-electron chi connectivity index (χ0n) is 9.81. The largest absolute Gasteiger partial charge is 0.354 e. The molecule has 0 spiro atoms. The van der Waals surface area contributed by atoms with Crippen LogP contribution in [0, 0.1) is 6.57 Å². The molecule has 2 N–H and O–H groups in total. The molecule has 3 rings (SSSR count). The smallest absolute Gasteiger partial charge is 0.285 e. The Labute approximate surface area is 113 Å². The van der Waals surface area contributed by atoms with E-state index in [0.717, 1.165) is 28.0 Å². The second-order valence-electron chi connectivity index (χ2n) is 3.97. The van der Waals surface area contributed by atoms with Crippen LogP contribution in [0.2, 0.25) is 0 Å². The predicted octanol–water partition coefficient (Wildman–Crippen LogP) is 3.88. The van der Waals surface area contributed by atoms with Gasteiger partial charge in [0.2, 0.25) is 0 Å². The highest BCUT2D eigenvalue weighted by atomic mass is 32.1. The molecule has 92 valence electrons. The van der Waals surface area contributed by atoms with Gasteiger partial charge in [-0.3, -0.25) is 9.17 Å². The average Bonchev–Trinajstić information content (AvgIpc) is 2.79. The van der Waals surface area contributed by atoms with Gasteiger partial charge in [0, 0.05) is 11.1 Å². The van der Waals surface area contributed by atoms with Crippen LogP contribution in [0.4, 0.5) is 16.4 Å². The third-order valence-electron chi connectivity index (χ3n) is 2.83. The monoisotopic (exact) mass is 267 g/mol. The summed E-state index contributed by atoms with van der Waals surface area (Å²) >= 11 is 1.14. The summed E-state index contributed by atoms with van der Waals surface area (Å²) in [6, 6.07) is 13.9. The number of anilines is 2. The Balaban J connectivity index is 2.11. The number of nitrogens with zero attached hydrogens (tertiary/aromatic N) is 1. The number of rotatable bonds is 2. The van der Waals surface area contributed by atoms with Crippen LogP contribution in [0.15, 0.2) is 47.3 Å². The van der Waals surface area contributed by atoms with Crippen molar-refractivity contribution in [1.29, 1.82) is 0 Å². The van der Waals surface area contributed by atoms with Gasteiger partial charge in [0.1, 0.15) is 5.00 Å². The van der Waals surface area contributed by atoms with Crippen molar-refractivity contribution >= 4 is 38.7 Å². The molecule has 0 fully saturated rings. The van der Waals surface area contributed by atoms with Crippen molar-refractivity contribution in [3.8, 4) is 0 Å². The number of H-pyrrole nitrogens is 1. The fraction of sp³-hybridized carbons (Fsp3) is 0. The summed E-state index contributed by atoms with van der Waals surface area (Å²) < 4.78 is 2.57. The van der Waals surface area contributed by atoms with Gasteiger partial charge in [0.05, 0.1) is 6.57 Å². The summed E-state index contributed by atoms with van der Waals surface area (Å²) in [7, 11) is 0. The lowest BCUT2D eigenvalue weighted by molar-refractivity contribution is 1.44. The van der Waals surface area contributed by atoms with Crippen LogP contribution >= 0.6 is 11.5 Å². The van der Waals surface area contributed by atoms with Gasteiger partial charge < -0.3 is 5.32 Å². The minimum absolute atomic E-state index is 0.109. The van der Waals surface area contributed by atoms with Crippen molar-refractivity contribution in [2.45, 2.75) is 0 Å². The fourth-order valence-electron chi connectivity index (χ4n) is 1.94. The second kappa shape index (κ2) is 4.59. The number of hydrogen-bond acceptors (Lipinski definition) is 3. The van der Waals surface area contributed by atoms with Crippen molar-refractivity contribution in [2.75, 3.05) is 5.32 Å². The zero-order chi connectivity index (χ0) is 13.2. The minimum atomic E-state index is -0.345. The van der Waals surface area contributed by atoms with Gasteiger partial charge in [-0.05, 0) is 11.5 Å². The van der Waals surface area contributed by atoms with Crippen molar-refractivity contribution in [3.63, 3.8) is 0 Å². The molecule has 2 aromatic carbocycles. The summed E-state index contributed by atoms with van der Waals surface area (Å²) in [4.78, 5) is 14.7. The van der Waals surface area contributed by atoms with E-state index < -0.39 is 0 Å². The normalized spacial score (nSPS) is 10.3. The van der Waals surface area contributed by atoms with Crippen LogP contribution in [0.1, 0.15) is 0 Å². The second-order valence-corrected chi connectivity index (χ2v) is 4.79. The highest BCUT2D eigenvalue weighted by molar-refractivity contribution is 7.11. The molecular formula is C14H9N3OS. The standard InChI is InChI=1S/C14H9N3OS/c1-15-12-13(18)17-19-14(12)16-11-8-4-6-9-5-2-3-7-10(9)11/h2-8,16H,(H,17,18). The Bertz CT molecular complexity index is 836. The molecule has 0 atom stereocenters. The molecule has 0 amide bonds. The van der Waals surface area contributed by atoms with E-state index in [-0.39, 0.29) is 11.2 Å². The molecule has 0 aliphatic heterocycles. The lowest BCUT2D eigenvalue weighted by Gasteiger charge is -2.07. The number of aromatic nitrogens is 1. The lowest BCUT2D eigenvalue weighted by atomic mass is 10.1. The van der Waals surface area contributed by atoms with E-state index in [1.54, 1.807) is 0 Å². The maximum absolute atomic E-state index is 11.4. The van der Waals surface area contributed by atoms with Crippen LogP contribution in [-0.4, -0.2) is 4.37 Å². The minimum Gasteiger partial charge on any atom is -0.354 e. The van der Waals surface area contributed by atoms with Crippen molar-refractivity contribution < 1.29 is 0 Å². The maximum Gasteiger partial charge on any atom is 0.285 e. The van der Waals surface area contributed by atoms with E-state index in [0.29, 0.717) is 5.00 Å². The van der Waals surface area contributed by atoms with E-state index in [9.17, 15) is 4.79 Å². The molecule has 1 heterocycles.